The lowest BCUT2D eigenvalue weighted by Gasteiger charge is -2.33. The van der Waals surface area contributed by atoms with Gasteiger partial charge in [-0.1, -0.05) is 27.2 Å². The fourth-order valence-corrected chi connectivity index (χ4v) is 1.77. The highest BCUT2D eigenvalue weighted by Crippen LogP contribution is 2.29. The summed E-state index contributed by atoms with van der Waals surface area (Å²) < 4.78 is 11.4. The SMILES string of the molecule is CCCC(C)(C)C(C)OC(C)COC(C)CO. The van der Waals surface area contributed by atoms with Crippen LogP contribution in [0.3, 0.4) is 0 Å². The molecule has 104 valence electrons. The van der Waals surface area contributed by atoms with E-state index in [9.17, 15) is 0 Å². The first-order valence-corrected chi connectivity index (χ1v) is 6.71. The van der Waals surface area contributed by atoms with E-state index in [1.54, 1.807) is 0 Å². The molecular formula is C14H30O3. The summed E-state index contributed by atoms with van der Waals surface area (Å²) in [5.74, 6) is 0. The highest BCUT2D eigenvalue weighted by Gasteiger charge is 2.27. The Bertz CT molecular complexity index is 192. The summed E-state index contributed by atoms with van der Waals surface area (Å²) in [5.41, 5.74) is 0.200. The lowest BCUT2D eigenvalue weighted by Crippen LogP contribution is -2.34. The molecule has 0 aliphatic heterocycles. The molecule has 0 aromatic carbocycles. The topological polar surface area (TPSA) is 38.7 Å². The molecule has 17 heavy (non-hydrogen) atoms. The molecule has 3 nitrogen and oxygen atoms in total. The minimum Gasteiger partial charge on any atom is -0.394 e. The van der Waals surface area contributed by atoms with Crippen LogP contribution >= 0.6 is 0 Å². The van der Waals surface area contributed by atoms with Gasteiger partial charge in [-0.2, -0.15) is 0 Å². The van der Waals surface area contributed by atoms with Crippen molar-refractivity contribution in [3.63, 3.8) is 0 Å². The first-order valence-electron chi connectivity index (χ1n) is 6.71. The molecule has 0 saturated heterocycles. The lowest BCUT2D eigenvalue weighted by molar-refractivity contribution is -0.0998. The molecule has 0 saturated carbocycles. The molecule has 0 heterocycles. The molecule has 0 spiro atoms. The van der Waals surface area contributed by atoms with E-state index in [0.29, 0.717) is 6.61 Å². The summed E-state index contributed by atoms with van der Waals surface area (Å²) in [4.78, 5) is 0. The van der Waals surface area contributed by atoms with Crippen LogP contribution in [0.15, 0.2) is 0 Å². The minimum absolute atomic E-state index is 0.0591. The van der Waals surface area contributed by atoms with Gasteiger partial charge in [0.1, 0.15) is 0 Å². The van der Waals surface area contributed by atoms with Crippen molar-refractivity contribution in [1.29, 1.82) is 0 Å². The highest BCUT2D eigenvalue weighted by molar-refractivity contribution is 4.76. The van der Waals surface area contributed by atoms with Crippen LogP contribution in [0, 0.1) is 5.41 Å². The number of ether oxygens (including phenoxy) is 2. The van der Waals surface area contributed by atoms with Crippen molar-refractivity contribution in [3.8, 4) is 0 Å². The quantitative estimate of drug-likeness (QED) is 0.679. The average Bonchev–Trinajstić information content (AvgIpc) is 2.25. The maximum absolute atomic E-state index is 8.86. The van der Waals surface area contributed by atoms with Gasteiger partial charge in [0.15, 0.2) is 0 Å². The number of aliphatic hydroxyl groups is 1. The standard InChI is InChI=1S/C14H30O3/c1-7-8-14(5,6)13(4)17-12(3)10-16-11(2)9-15/h11-13,15H,7-10H2,1-6H3. The number of hydrogen-bond donors (Lipinski definition) is 1. The van der Waals surface area contributed by atoms with Gasteiger partial charge >= 0.3 is 0 Å². The lowest BCUT2D eigenvalue weighted by atomic mass is 9.83. The van der Waals surface area contributed by atoms with Gasteiger partial charge in [-0.25, -0.2) is 0 Å². The van der Waals surface area contributed by atoms with Crippen molar-refractivity contribution in [1.82, 2.24) is 0 Å². The van der Waals surface area contributed by atoms with Gasteiger partial charge in [0.2, 0.25) is 0 Å². The summed E-state index contributed by atoms with van der Waals surface area (Å²) in [6.45, 7) is 13.3. The number of aliphatic hydroxyl groups excluding tert-OH is 1. The summed E-state index contributed by atoms with van der Waals surface area (Å²) in [5, 5.41) is 8.86. The zero-order chi connectivity index (χ0) is 13.5. The molecule has 0 amide bonds. The van der Waals surface area contributed by atoms with Crippen LogP contribution in [0.5, 0.6) is 0 Å². The molecule has 0 radical (unpaired) electrons. The van der Waals surface area contributed by atoms with Gasteiger partial charge in [0.25, 0.3) is 0 Å². The molecule has 0 fully saturated rings. The Kier molecular flexibility index (Phi) is 8.01. The van der Waals surface area contributed by atoms with Crippen LogP contribution in [0.1, 0.15) is 54.4 Å². The molecule has 3 heteroatoms. The monoisotopic (exact) mass is 246 g/mol. The molecule has 0 aromatic rings. The Morgan fingerprint density at radius 1 is 1.12 bits per heavy atom. The van der Waals surface area contributed by atoms with Crippen molar-refractivity contribution < 1.29 is 14.6 Å². The second-order valence-electron chi connectivity index (χ2n) is 5.65. The third kappa shape index (κ3) is 7.02. The Labute approximate surface area is 107 Å². The van der Waals surface area contributed by atoms with Crippen LogP contribution in [0.2, 0.25) is 0 Å². The minimum atomic E-state index is -0.111. The van der Waals surface area contributed by atoms with Gasteiger partial charge in [-0.05, 0) is 32.6 Å². The van der Waals surface area contributed by atoms with Crippen LogP contribution in [-0.2, 0) is 9.47 Å². The second kappa shape index (κ2) is 8.06. The fraction of sp³-hybridized carbons (Fsp3) is 1.00. The molecule has 0 bridgehead atoms. The second-order valence-corrected chi connectivity index (χ2v) is 5.65. The average molecular weight is 246 g/mol. The van der Waals surface area contributed by atoms with E-state index in [2.05, 4.69) is 27.7 Å². The highest BCUT2D eigenvalue weighted by atomic mass is 16.5. The molecule has 3 atom stereocenters. The van der Waals surface area contributed by atoms with E-state index in [1.807, 2.05) is 13.8 Å². The van der Waals surface area contributed by atoms with Gasteiger partial charge in [-0.3, -0.25) is 0 Å². The first kappa shape index (κ1) is 16.9. The molecule has 1 N–H and O–H groups in total. The van der Waals surface area contributed by atoms with Crippen LogP contribution in [0.25, 0.3) is 0 Å². The van der Waals surface area contributed by atoms with E-state index < -0.39 is 0 Å². The zero-order valence-corrected chi connectivity index (χ0v) is 12.3. The number of rotatable bonds is 9. The van der Waals surface area contributed by atoms with E-state index >= 15 is 0 Å². The third-order valence-corrected chi connectivity index (χ3v) is 3.30. The Morgan fingerprint density at radius 3 is 2.18 bits per heavy atom. The normalized spacial score (nSPS) is 17.8. The van der Waals surface area contributed by atoms with Gasteiger partial charge in [-0.15, -0.1) is 0 Å². The summed E-state index contributed by atoms with van der Waals surface area (Å²) in [6, 6.07) is 0. The van der Waals surface area contributed by atoms with Crippen LogP contribution in [-0.4, -0.2) is 36.6 Å². The molecule has 0 aliphatic rings. The van der Waals surface area contributed by atoms with E-state index in [0.717, 1.165) is 6.42 Å². The van der Waals surface area contributed by atoms with Crippen molar-refractivity contribution >= 4 is 0 Å². The van der Waals surface area contributed by atoms with Gasteiger partial charge < -0.3 is 14.6 Å². The summed E-state index contributed by atoms with van der Waals surface area (Å²) in [7, 11) is 0. The Hall–Kier alpha value is -0.120. The molecule has 3 unspecified atom stereocenters. The maximum atomic E-state index is 8.86. The smallest absolute Gasteiger partial charge is 0.0784 e. The largest absolute Gasteiger partial charge is 0.394 e. The van der Waals surface area contributed by atoms with E-state index in [-0.39, 0.29) is 30.3 Å². The third-order valence-electron chi connectivity index (χ3n) is 3.30. The first-order chi connectivity index (χ1) is 7.83. The maximum Gasteiger partial charge on any atom is 0.0784 e. The van der Waals surface area contributed by atoms with Crippen molar-refractivity contribution in [2.45, 2.75) is 72.7 Å². The van der Waals surface area contributed by atoms with Crippen molar-refractivity contribution in [2.75, 3.05) is 13.2 Å². The van der Waals surface area contributed by atoms with Crippen LogP contribution in [0.4, 0.5) is 0 Å². The van der Waals surface area contributed by atoms with Crippen molar-refractivity contribution in [3.05, 3.63) is 0 Å². The van der Waals surface area contributed by atoms with Gasteiger partial charge in [0.05, 0.1) is 31.5 Å². The fourth-order valence-electron chi connectivity index (χ4n) is 1.77. The van der Waals surface area contributed by atoms with E-state index in [1.165, 1.54) is 6.42 Å². The zero-order valence-electron chi connectivity index (χ0n) is 12.3. The summed E-state index contributed by atoms with van der Waals surface area (Å²) in [6.07, 6.45) is 2.50. The predicted octanol–water partition coefficient (Wildman–Crippen LogP) is 3.00. The molecule has 0 rings (SSSR count). The Balaban J connectivity index is 3.98. The number of hydrogen-bond acceptors (Lipinski definition) is 3. The van der Waals surface area contributed by atoms with Crippen molar-refractivity contribution in [2.24, 2.45) is 5.41 Å². The van der Waals surface area contributed by atoms with Gasteiger partial charge in [0, 0.05) is 0 Å². The van der Waals surface area contributed by atoms with Crippen LogP contribution < -0.4 is 0 Å². The van der Waals surface area contributed by atoms with E-state index in [4.69, 9.17) is 14.6 Å². The Morgan fingerprint density at radius 2 is 1.71 bits per heavy atom. The molecular weight excluding hydrogens is 216 g/mol. The molecule has 0 aromatic heterocycles. The molecule has 0 aliphatic carbocycles. The predicted molar refractivity (Wildman–Crippen MR) is 71.2 cm³/mol. The summed E-state index contributed by atoms with van der Waals surface area (Å²) >= 11 is 0.